The third kappa shape index (κ3) is 4.94. The van der Waals surface area contributed by atoms with E-state index in [0.717, 1.165) is 10.0 Å². The molecule has 1 amide bonds. The van der Waals surface area contributed by atoms with Gasteiger partial charge in [0.25, 0.3) is 0 Å². The molecule has 0 aliphatic carbocycles. The number of hydrogen-bond donors (Lipinski definition) is 1. The Balaban J connectivity index is 1.63. The van der Waals surface area contributed by atoms with Crippen molar-refractivity contribution in [3.8, 4) is 0 Å². The SMILES string of the molecule is O=C(NCc1ccc(F)cc1)[C@H]1CCCN(S(=O)(=O)c2ccc(Br)cc2)C1. The van der Waals surface area contributed by atoms with E-state index in [9.17, 15) is 17.6 Å². The highest BCUT2D eigenvalue weighted by atomic mass is 79.9. The van der Waals surface area contributed by atoms with Gasteiger partial charge in [-0.3, -0.25) is 4.79 Å². The predicted molar refractivity (Wildman–Crippen MR) is 104 cm³/mol. The monoisotopic (exact) mass is 454 g/mol. The number of hydrogen-bond acceptors (Lipinski definition) is 3. The Morgan fingerprint density at radius 2 is 1.81 bits per heavy atom. The summed E-state index contributed by atoms with van der Waals surface area (Å²) in [5, 5.41) is 2.82. The van der Waals surface area contributed by atoms with Crippen LogP contribution < -0.4 is 5.32 Å². The van der Waals surface area contributed by atoms with Crippen molar-refractivity contribution < 1.29 is 17.6 Å². The second-order valence-electron chi connectivity index (χ2n) is 6.50. The lowest BCUT2D eigenvalue weighted by atomic mass is 9.99. The molecular formula is C19H20BrFN2O3S. The maximum absolute atomic E-state index is 12.9. The third-order valence-electron chi connectivity index (χ3n) is 4.59. The van der Waals surface area contributed by atoms with E-state index in [1.165, 1.54) is 16.4 Å². The summed E-state index contributed by atoms with van der Waals surface area (Å²) in [6, 6.07) is 12.4. The van der Waals surface area contributed by atoms with Crippen molar-refractivity contribution in [2.24, 2.45) is 5.92 Å². The predicted octanol–water partition coefficient (Wildman–Crippen LogP) is 3.31. The molecule has 2 aromatic rings. The molecule has 1 N–H and O–H groups in total. The van der Waals surface area contributed by atoms with Gasteiger partial charge in [-0.2, -0.15) is 4.31 Å². The summed E-state index contributed by atoms with van der Waals surface area (Å²) in [4.78, 5) is 12.7. The number of benzene rings is 2. The van der Waals surface area contributed by atoms with Crippen LogP contribution in [0.4, 0.5) is 4.39 Å². The minimum absolute atomic E-state index is 0.160. The summed E-state index contributed by atoms with van der Waals surface area (Å²) in [7, 11) is -3.63. The molecule has 2 aromatic carbocycles. The number of amides is 1. The van der Waals surface area contributed by atoms with Crippen molar-refractivity contribution in [2.75, 3.05) is 13.1 Å². The van der Waals surface area contributed by atoms with Crippen LogP contribution in [0.2, 0.25) is 0 Å². The van der Waals surface area contributed by atoms with E-state index in [4.69, 9.17) is 0 Å². The number of rotatable bonds is 5. The second-order valence-corrected chi connectivity index (χ2v) is 9.35. The topological polar surface area (TPSA) is 66.5 Å². The fourth-order valence-corrected chi connectivity index (χ4v) is 4.85. The van der Waals surface area contributed by atoms with Crippen LogP contribution in [-0.2, 0) is 21.4 Å². The van der Waals surface area contributed by atoms with E-state index in [2.05, 4.69) is 21.2 Å². The number of piperidine rings is 1. The first-order valence-electron chi connectivity index (χ1n) is 8.64. The van der Waals surface area contributed by atoms with Crippen LogP contribution in [0, 0.1) is 11.7 Å². The Morgan fingerprint density at radius 1 is 1.15 bits per heavy atom. The number of carbonyl (C=O) groups is 1. The molecule has 0 saturated carbocycles. The van der Waals surface area contributed by atoms with E-state index >= 15 is 0 Å². The van der Waals surface area contributed by atoms with Gasteiger partial charge in [-0.25, -0.2) is 12.8 Å². The van der Waals surface area contributed by atoms with Crippen LogP contribution in [0.3, 0.4) is 0 Å². The van der Waals surface area contributed by atoms with Gasteiger partial charge >= 0.3 is 0 Å². The normalized spacial score (nSPS) is 18.2. The highest BCUT2D eigenvalue weighted by molar-refractivity contribution is 9.10. The summed E-state index contributed by atoms with van der Waals surface area (Å²) in [6.07, 6.45) is 1.27. The summed E-state index contributed by atoms with van der Waals surface area (Å²) < 4.78 is 40.8. The van der Waals surface area contributed by atoms with Crippen LogP contribution in [0.5, 0.6) is 0 Å². The Morgan fingerprint density at radius 3 is 2.48 bits per heavy atom. The summed E-state index contributed by atoms with van der Waals surface area (Å²) in [5.74, 6) is -0.911. The van der Waals surface area contributed by atoms with Crippen LogP contribution in [0.1, 0.15) is 18.4 Å². The molecule has 0 unspecified atom stereocenters. The average Bonchev–Trinajstić information content (AvgIpc) is 2.68. The Bertz CT molecular complexity index is 902. The first-order valence-corrected chi connectivity index (χ1v) is 10.9. The van der Waals surface area contributed by atoms with Gasteiger partial charge in [-0.15, -0.1) is 0 Å². The van der Waals surface area contributed by atoms with Gasteiger partial charge < -0.3 is 5.32 Å². The van der Waals surface area contributed by atoms with Crippen molar-refractivity contribution in [1.82, 2.24) is 9.62 Å². The van der Waals surface area contributed by atoms with Crippen molar-refractivity contribution in [1.29, 1.82) is 0 Å². The van der Waals surface area contributed by atoms with Crippen LogP contribution in [0.15, 0.2) is 57.9 Å². The lowest BCUT2D eigenvalue weighted by Gasteiger charge is -2.31. The molecule has 1 heterocycles. The highest BCUT2D eigenvalue weighted by Crippen LogP contribution is 2.25. The molecule has 1 aliphatic heterocycles. The van der Waals surface area contributed by atoms with E-state index in [1.807, 2.05) is 0 Å². The molecule has 8 heteroatoms. The largest absolute Gasteiger partial charge is 0.352 e. The lowest BCUT2D eigenvalue weighted by Crippen LogP contribution is -2.45. The zero-order valence-electron chi connectivity index (χ0n) is 14.6. The van der Waals surface area contributed by atoms with E-state index in [-0.39, 0.29) is 29.7 Å². The number of nitrogens with zero attached hydrogens (tertiary/aromatic N) is 1. The summed E-state index contributed by atoms with van der Waals surface area (Å²) >= 11 is 3.30. The van der Waals surface area contributed by atoms with Crippen molar-refractivity contribution in [2.45, 2.75) is 24.3 Å². The molecule has 27 heavy (non-hydrogen) atoms. The number of carbonyl (C=O) groups excluding carboxylic acids is 1. The third-order valence-corrected chi connectivity index (χ3v) is 6.99. The molecule has 0 spiro atoms. The van der Waals surface area contributed by atoms with Gasteiger partial charge in [0.1, 0.15) is 5.82 Å². The van der Waals surface area contributed by atoms with E-state index in [1.54, 1.807) is 36.4 Å². The highest BCUT2D eigenvalue weighted by Gasteiger charge is 2.33. The van der Waals surface area contributed by atoms with Gasteiger partial charge in [-0.05, 0) is 54.8 Å². The van der Waals surface area contributed by atoms with Gasteiger partial charge in [0.15, 0.2) is 0 Å². The van der Waals surface area contributed by atoms with E-state index in [0.29, 0.717) is 19.4 Å². The number of nitrogens with one attached hydrogen (secondary N) is 1. The van der Waals surface area contributed by atoms with Crippen LogP contribution in [0.25, 0.3) is 0 Å². The maximum Gasteiger partial charge on any atom is 0.243 e. The fraction of sp³-hybridized carbons (Fsp3) is 0.316. The maximum atomic E-state index is 12.9. The Labute approximate surface area is 166 Å². The second kappa shape index (κ2) is 8.50. The van der Waals surface area contributed by atoms with Crippen molar-refractivity contribution in [3.63, 3.8) is 0 Å². The quantitative estimate of drug-likeness (QED) is 0.753. The van der Waals surface area contributed by atoms with Crippen molar-refractivity contribution in [3.05, 3.63) is 64.4 Å². The minimum Gasteiger partial charge on any atom is -0.352 e. The first-order chi connectivity index (χ1) is 12.9. The van der Waals surface area contributed by atoms with Crippen molar-refractivity contribution >= 4 is 31.9 Å². The molecule has 1 atom stereocenters. The minimum atomic E-state index is -3.63. The molecule has 5 nitrogen and oxygen atoms in total. The molecule has 0 aromatic heterocycles. The van der Waals surface area contributed by atoms with E-state index < -0.39 is 15.9 Å². The molecule has 144 valence electrons. The first kappa shape index (κ1) is 20.0. The van der Waals surface area contributed by atoms with Gasteiger partial charge in [0.05, 0.1) is 10.8 Å². The zero-order chi connectivity index (χ0) is 19.4. The standard InChI is InChI=1S/C19H20BrFN2O3S/c20-16-5-9-18(10-6-16)27(25,26)23-11-1-2-15(13-23)19(24)22-12-14-3-7-17(21)8-4-14/h3-10,15H,1-2,11-13H2,(H,22,24)/t15-/m0/s1. The zero-order valence-corrected chi connectivity index (χ0v) is 17.0. The van der Waals surface area contributed by atoms with Gasteiger partial charge in [0.2, 0.25) is 15.9 Å². The van der Waals surface area contributed by atoms with Crippen LogP contribution in [-0.4, -0.2) is 31.7 Å². The van der Waals surface area contributed by atoms with Crippen LogP contribution >= 0.6 is 15.9 Å². The van der Waals surface area contributed by atoms with Gasteiger partial charge in [-0.1, -0.05) is 28.1 Å². The molecule has 1 fully saturated rings. The summed E-state index contributed by atoms with van der Waals surface area (Å²) in [6.45, 7) is 0.850. The molecule has 1 aliphatic rings. The Hall–Kier alpha value is -1.77. The molecule has 1 saturated heterocycles. The molecule has 0 bridgehead atoms. The lowest BCUT2D eigenvalue weighted by molar-refractivity contribution is -0.126. The average molecular weight is 455 g/mol. The number of halogens is 2. The molecule has 3 rings (SSSR count). The molecular weight excluding hydrogens is 435 g/mol. The van der Waals surface area contributed by atoms with Gasteiger partial charge in [0, 0.05) is 24.1 Å². The Kier molecular flexibility index (Phi) is 6.29. The number of sulfonamides is 1. The molecule has 0 radical (unpaired) electrons. The summed E-state index contributed by atoms with van der Waals surface area (Å²) in [5.41, 5.74) is 0.792. The smallest absolute Gasteiger partial charge is 0.243 e. The fourth-order valence-electron chi connectivity index (χ4n) is 3.07.